The number of methoxy groups -OCH3 is 1. The third kappa shape index (κ3) is 2.56. The van der Waals surface area contributed by atoms with Crippen molar-refractivity contribution in [2.75, 3.05) is 14.2 Å². The van der Waals surface area contributed by atoms with Crippen LogP contribution in [0.25, 0.3) is 0 Å². The lowest BCUT2D eigenvalue weighted by molar-refractivity contribution is 0.402. The van der Waals surface area contributed by atoms with Gasteiger partial charge in [-0.15, -0.1) is 0 Å². The van der Waals surface area contributed by atoms with Crippen molar-refractivity contribution < 1.29 is 4.74 Å². The van der Waals surface area contributed by atoms with Crippen molar-refractivity contribution in [1.29, 1.82) is 0 Å². The summed E-state index contributed by atoms with van der Waals surface area (Å²) in [7, 11) is 5.31. The molecule has 0 aliphatic carbocycles. The molecule has 1 N–H and O–H groups in total. The first-order chi connectivity index (χ1) is 9.10. The minimum absolute atomic E-state index is 0.191. The fraction of sp³-hybridized carbons (Fsp3) is 0.308. The summed E-state index contributed by atoms with van der Waals surface area (Å²) < 4.78 is 7.09. The second kappa shape index (κ2) is 5.82. The molecule has 1 heterocycles. The van der Waals surface area contributed by atoms with E-state index in [1.54, 1.807) is 18.0 Å². The molecular formula is C13H15Cl2N3O. The smallest absolute Gasteiger partial charge is 0.161 e. The van der Waals surface area contributed by atoms with Gasteiger partial charge in [-0.3, -0.25) is 4.68 Å². The number of rotatable bonds is 4. The second-order valence-corrected chi connectivity index (χ2v) is 4.89. The number of halogens is 2. The maximum atomic E-state index is 6.27. The molecule has 1 aromatic heterocycles. The first-order valence-electron chi connectivity index (χ1n) is 5.77. The second-order valence-electron chi connectivity index (χ2n) is 4.08. The average molecular weight is 300 g/mol. The van der Waals surface area contributed by atoms with Gasteiger partial charge in [-0.05, 0) is 19.2 Å². The third-order valence-corrected chi connectivity index (χ3v) is 3.68. The van der Waals surface area contributed by atoms with E-state index in [0.717, 1.165) is 11.3 Å². The Hall–Kier alpha value is -1.23. The van der Waals surface area contributed by atoms with Gasteiger partial charge in [-0.2, -0.15) is 5.10 Å². The van der Waals surface area contributed by atoms with E-state index in [4.69, 9.17) is 27.9 Å². The molecule has 2 rings (SSSR count). The normalized spacial score (nSPS) is 12.5. The Morgan fingerprint density at radius 2 is 1.95 bits per heavy atom. The van der Waals surface area contributed by atoms with Crippen LogP contribution < -0.4 is 10.1 Å². The number of ether oxygens (including phenoxy) is 1. The van der Waals surface area contributed by atoms with Crippen LogP contribution >= 0.6 is 23.2 Å². The zero-order valence-corrected chi connectivity index (χ0v) is 12.5. The highest BCUT2D eigenvalue weighted by Gasteiger charge is 2.25. The summed E-state index contributed by atoms with van der Waals surface area (Å²) in [6, 6.07) is 5.26. The summed E-state index contributed by atoms with van der Waals surface area (Å²) in [5.41, 5.74) is 1.69. The summed E-state index contributed by atoms with van der Waals surface area (Å²) >= 11 is 12.5. The van der Waals surface area contributed by atoms with Crippen LogP contribution in [0, 0.1) is 0 Å². The lowest BCUT2D eigenvalue weighted by atomic mass is 10.0. The van der Waals surface area contributed by atoms with Crippen LogP contribution in [0.15, 0.2) is 24.4 Å². The first kappa shape index (κ1) is 14.2. The number of hydrogen-bond donors (Lipinski definition) is 1. The number of hydrogen-bond acceptors (Lipinski definition) is 3. The van der Waals surface area contributed by atoms with Gasteiger partial charge in [0.05, 0.1) is 19.3 Å². The Morgan fingerprint density at radius 3 is 2.47 bits per heavy atom. The van der Waals surface area contributed by atoms with Crippen LogP contribution in [0.4, 0.5) is 0 Å². The van der Waals surface area contributed by atoms with Crippen LogP contribution in [0.2, 0.25) is 10.0 Å². The quantitative estimate of drug-likeness (QED) is 0.943. The predicted molar refractivity (Wildman–Crippen MR) is 77.1 cm³/mol. The minimum atomic E-state index is -0.191. The summed E-state index contributed by atoms with van der Waals surface area (Å²) in [5, 5.41) is 8.63. The molecule has 1 atom stereocenters. The van der Waals surface area contributed by atoms with Crippen LogP contribution in [0.3, 0.4) is 0 Å². The van der Waals surface area contributed by atoms with Gasteiger partial charge in [-0.1, -0.05) is 29.3 Å². The molecule has 0 amide bonds. The van der Waals surface area contributed by atoms with E-state index < -0.39 is 0 Å². The van der Waals surface area contributed by atoms with E-state index >= 15 is 0 Å². The predicted octanol–water partition coefficient (Wildman–Crippen LogP) is 3.04. The molecule has 0 saturated carbocycles. The van der Waals surface area contributed by atoms with Gasteiger partial charge in [0, 0.05) is 22.7 Å². The summed E-state index contributed by atoms with van der Waals surface area (Å²) in [5.74, 6) is 0.692. The number of benzene rings is 1. The molecule has 19 heavy (non-hydrogen) atoms. The molecule has 1 unspecified atom stereocenters. The van der Waals surface area contributed by atoms with Crippen LogP contribution in [0.1, 0.15) is 17.3 Å². The highest BCUT2D eigenvalue weighted by Crippen LogP contribution is 2.36. The lowest BCUT2D eigenvalue weighted by Gasteiger charge is -2.20. The maximum absolute atomic E-state index is 6.27. The first-order valence-corrected chi connectivity index (χ1v) is 6.52. The maximum Gasteiger partial charge on any atom is 0.161 e. The number of nitrogens with one attached hydrogen (secondary N) is 1. The van der Waals surface area contributed by atoms with Gasteiger partial charge in [0.1, 0.15) is 5.69 Å². The van der Waals surface area contributed by atoms with E-state index in [1.807, 2.05) is 32.3 Å². The Kier molecular flexibility index (Phi) is 4.34. The Bertz CT molecular complexity index is 563. The van der Waals surface area contributed by atoms with Crippen molar-refractivity contribution in [2.24, 2.45) is 7.05 Å². The van der Waals surface area contributed by atoms with Crippen molar-refractivity contribution in [3.05, 3.63) is 45.7 Å². The van der Waals surface area contributed by atoms with E-state index in [0.29, 0.717) is 15.8 Å². The lowest BCUT2D eigenvalue weighted by Crippen LogP contribution is -2.22. The van der Waals surface area contributed by atoms with Crippen molar-refractivity contribution in [3.63, 3.8) is 0 Å². The zero-order chi connectivity index (χ0) is 14.0. The van der Waals surface area contributed by atoms with Gasteiger partial charge in [0.15, 0.2) is 5.75 Å². The number of aryl methyl sites for hydroxylation is 1. The molecule has 2 aromatic rings. The average Bonchev–Trinajstić information content (AvgIpc) is 2.75. The molecular weight excluding hydrogens is 285 g/mol. The molecule has 4 nitrogen and oxygen atoms in total. The van der Waals surface area contributed by atoms with Crippen LogP contribution in [-0.4, -0.2) is 23.9 Å². The topological polar surface area (TPSA) is 39.1 Å². The molecule has 0 aliphatic heterocycles. The van der Waals surface area contributed by atoms with Gasteiger partial charge in [0.2, 0.25) is 0 Å². The molecule has 1 aromatic carbocycles. The molecule has 0 radical (unpaired) electrons. The van der Waals surface area contributed by atoms with E-state index in [9.17, 15) is 0 Å². The Morgan fingerprint density at radius 1 is 1.32 bits per heavy atom. The largest absolute Gasteiger partial charge is 0.493 e. The van der Waals surface area contributed by atoms with E-state index in [-0.39, 0.29) is 6.04 Å². The van der Waals surface area contributed by atoms with E-state index in [2.05, 4.69) is 10.4 Å². The van der Waals surface area contributed by atoms with Crippen molar-refractivity contribution in [3.8, 4) is 5.75 Å². The van der Waals surface area contributed by atoms with Gasteiger partial charge in [0.25, 0.3) is 0 Å². The van der Waals surface area contributed by atoms with Gasteiger partial charge >= 0.3 is 0 Å². The Labute approximate surface area is 122 Å². The zero-order valence-electron chi connectivity index (χ0n) is 10.9. The van der Waals surface area contributed by atoms with Gasteiger partial charge < -0.3 is 10.1 Å². The minimum Gasteiger partial charge on any atom is -0.493 e. The third-order valence-electron chi connectivity index (χ3n) is 3.02. The molecule has 0 spiro atoms. The molecule has 0 aliphatic rings. The summed E-state index contributed by atoms with van der Waals surface area (Å²) in [6.07, 6.45) is 1.67. The van der Waals surface area contributed by atoms with Crippen LogP contribution in [-0.2, 0) is 7.05 Å². The fourth-order valence-corrected chi connectivity index (χ4v) is 2.73. The molecule has 0 bridgehead atoms. The van der Waals surface area contributed by atoms with Crippen molar-refractivity contribution in [2.45, 2.75) is 6.04 Å². The summed E-state index contributed by atoms with van der Waals surface area (Å²) in [4.78, 5) is 0. The molecule has 102 valence electrons. The highest BCUT2D eigenvalue weighted by atomic mass is 35.5. The Balaban J connectivity index is 2.59. The molecule has 0 saturated heterocycles. The van der Waals surface area contributed by atoms with E-state index in [1.165, 1.54) is 0 Å². The number of aromatic nitrogens is 2. The SMILES string of the molecule is CNC(c1c(Cl)cccc1Cl)c1c(OC)cnn1C. The summed E-state index contributed by atoms with van der Waals surface area (Å²) in [6.45, 7) is 0. The van der Waals surface area contributed by atoms with Crippen molar-refractivity contribution >= 4 is 23.2 Å². The standard InChI is InChI=1S/C13H15Cl2N3O/c1-16-12(11-8(14)5-4-6-9(11)15)13-10(19-3)7-17-18(13)2/h4-7,12,16H,1-3H3. The number of nitrogens with zero attached hydrogens (tertiary/aromatic N) is 2. The fourth-order valence-electron chi connectivity index (χ4n) is 2.12. The van der Waals surface area contributed by atoms with Crippen LogP contribution in [0.5, 0.6) is 5.75 Å². The van der Waals surface area contributed by atoms with Gasteiger partial charge in [-0.25, -0.2) is 0 Å². The monoisotopic (exact) mass is 299 g/mol. The highest BCUT2D eigenvalue weighted by molar-refractivity contribution is 6.36. The molecule has 6 heteroatoms. The molecule has 0 fully saturated rings. The van der Waals surface area contributed by atoms with Crippen molar-refractivity contribution in [1.82, 2.24) is 15.1 Å².